The summed E-state index contributed by atoms with van der Waals surface area (Å²) in [7, 11) is 4.71. The molecule has 2 aromatic rings. The molecule has 0 spiro atoms. The second-order valence-electron chi connectivity index (χ2n) is 10.5. The first kappa shape index (κ1) is 27.9. The maximum absolute atomic E-state index is 13.3. The van der Waals surface area contributed by atoms with Crippen LogP contribution < -0.4 is 10.2 Å². The average molecular weight is 563 g/mol. The molecule has 3 aliphatic rings. The van der Waals surface area contributed by atoms with E-state index in [0.717, 1.165) is 52.6 Å². The van der Waals surface area contributed by atoms with Gasteiger partial charge in [0.05, 0.1) is 18.4 Å². The van der Waals surface area contributed by atoms with E-state index in [1.54, 1.807) is 31.1 Å². The van der Waals surface area contributed by atoms with E-state index in [9.17, 15) is 19.2 Å². The minimum absolute atomic E-state index is 0.0591. The van der Waals surface area contributed by atoms with E-state index in [0.29, 0.717) is 24.2 Å². The van der Waals surface area contributed by atoms with Crippen molar-refractivity contribution in [3.63, 3.8) is 0 Å². The molecule has 0 radical (unpaired) electrons. The Balaban J connectivity index is 1.44. The monoisotopic (exact) mass is 562 g/mol. The summed E-state index contributed by atoms with van der Waals surface area (Å²) in [6.07, 6.45) is 2.97. The van der Waals surface area contributed by atoms with E-state index in [1.165, 1.54) is 12.0 Å². The van der Waals surface area contributed by atoms with Crippen LogP contribution in [-0.4, -0.2) is 73.6 Å². The molecular formula is C30H34N4O5S. The van der Waals surface area contributed by atoms with Crippen LogP contribution in [0.2, 0.25) is 0 Å². The Kier molecular flexibility index (Phi) is 8.25. The first-order valence-corrected chi connectivity index (χ1v) is 14.7. The van der Waals surface area contributed by atoms with E-state index < -0.39 is 11.9 Å². The highest BCUT2D eigenvalue weighted by atomic mass is 32.2. The minimum atomic E-state index is -0.532. The molecule has 0 saturated carbocycles. The topological polar surface area (TPSA) is 108 Å². The lowest BCUT2D eigenvalue weighted by Crippen LogP contribution is -2.30. The van der Waals surface area contributed by atoms with Crippen molar-refractivity contribution >= 4 is 58.2 Å². The third kappa shape index (κ3) is 5.63. The number of esters is 1. The number of nitrogens with zero attached hydrogens (tertiary/aromatic N) is 3. The number of carbonyl (C=O) groups excluding carboxylic acids is 4. The van der Waals surface area contributed by atoms with Crippen LogP contribution in [0.15, 0.2) is 41.4 Å². The van der Waals surface area contributed by atoms with Crippen molar-refractivity contribution in [1.29, 1.82) is 0 Å². The number of amides is 3. The lowest BCUT2D eigenvalue weighted by molar-refractivity contribution is -0.131. The van der Waals surface area contributed by atoms with Crippen LogP contribution in [0.4, 0.5) is 17.1 Å². The highest BCUT2D eigenvalue weighted by Crippen LogP contribution is 2.40. The quantitative estimate of drug-likeness (QED) is 0.401. The number of hydrogen-bond acceptors (Lipinski definition) is 7. The molecule has 40 heavy (non-hydrogen) atoms. The van der Waals surface area contributed by atoms with Crippen LogP contribution in [0.5, 0.6) is 0 Å². The number of benzene rings is 2. The number of ether oxygens (including phenoxy) is 1. The van der Waals surface area contributed by atoms with Gasteiger partial charge in [0.2, 0.25) is 17.7 Å². The molecule has 210 valence electrons. The molecular weight excluding hydrogens is 528 g/mol. The van der Waals surface area contributed by atoms with E-state index >= 15 is 0 Å². The Labute approximate surface area is 238 Å². The number of methoxy groups -OCH3 is 1. The fourth-order valence-electron chi connectivity index (χ4n) is 5.62. The number of carbonyl (C=O) groups is 4. The molecule has 9 nitrogen and oxygen atoms in total. The van der Waals surface area contributed by atoms with Gasteiger partial charge in [0.25, 0.3) is 0 Å². The molecule has 0 aromatic heterocycles. The summed E-state index contributed by atoms with van der Waals surface area (Å²) in [5.41, 5.74) is 5.32. The number of thioether (sulfide) groups is 1. The molecule has 0 aliphatic carbocycles. The molecule has 3 heterocycles. The highest BCUT2D eigenvalue weighted by Gasteiger charge is 2.39. The lowest BCUT2D eigenvalue weighted by atomic mass is 9.84. The average Bonchev–Trinajstić information content (AvgIpc) is 3.53. The summed E-state index contributed by atoms with van der Waals surface area (Å²) in [6, 6.07) is 11.0. The number of hydrogen-bond donors (Lipinski definition) is 1. The van der Waals surface area contributed by atoms with Crippen LogP contribution in [0, 0.1) is 5.92 Å². The second-order valence-corrected chi connectivity index (χ2v) is 11.8. The molecule has 1 saturated heterocycles. The molecule has 0 bridgehead atoms. The zero-order valence-electron chi connectivity index (χ0n) is 23.1. The molecule has 2 aromatic carbocycles. The van der Waals surface area contributed by atoms with Crippen LogP contribution >= 0.6 is 11.8 Å². The largest absolute Gasteiger partial charge is 0.465 e. The van der Waals surface area contributed by atoms with Crippen LogP contribution in [-0.2, 0) is 25.5 Å². The van der Waals surface area contributed by atoms with Gasteiger partial charge in [0, 0.05) is 56.5 Å². The standard InChI is InChI=1S/C30H34N4O5S/c1-33(2)25(35)8-9-26(36)34-13-10-19-16-21(5-7-24(19)34)31-28(18-11-14-40-15-12-18)27-22-6-4-20(30(38)39-3)17-23(22)32-29(27)37/h4-7,16-18,27H,8-15H2,1-3H3,(H,32,37). The predicted octanol–water partition coefficient (Wildman–Crippen LogP) is 4.18. The van der Waals surface area contributed by atoms with Crippen molar-refractivity contribution in [3.05, 3.63) is 53.1 Å². The van der Waals surface area contributed by atoms with Gasteiger partial charge in [-0.15, -0.1) is 0 Å². The smallest absolute Gasteiger partial charge is 0.337 e. The highest BCUT2D eigenvalue weighted by molar-refractivity contribution is 7.99. The van der Waals surface area contributed by atoms with Crippen molar-refractivity contribution in [3.8, 4) is 0 Å². The van der Waals surface area contributed by atoms with Gasteiger partial charge in [0.1, 0.15) is 5.92 Å². The summed E-state index contributed by atoms with van der Waals surface area (Å²) in [4.78, 5) is 58.6. The zero-order chi connectivity index (χ0) is 28.4. The molecule has 10 heteroatoms. The third-order valence-corrected chi connectivity index (χ3v) is 8.86. The van der Waals surface area contributed by atoms with Crippen LogP contribution in [0.1, 0.15) is 53.1 Å². The number of anilines is 2. The van der Waals surface area contributed by atoms with Crippen molar-refractivity contribution in [2.75, 3.05) is 49.5 Å². The molecule has 1 atom stereocenters. The predicted molar refractivity (Wildman–Crippen MR) is 157 cm³/mol. The summed E-state index contributed by atoms with van der Waals surface area (Å²) in [6.45, 7) is 0.575. The number of nitrogens with one attached hydrogen (secondary N) is 1. The van der Waals surface area contributed by atoms with E-state index in [1.807, 2.05) is 36.0 Å². The van der Waals surface area contributed by atoms with Gasteiger partial charge in [0.15, 0.2) is 0 Å². The molecule has 1 unspecified atom stereocenters. The first-order valence-electron chi connectivity index (χ1n) is 13.6. The SMILES string of the molecule is COC(=O)c1ccc2c(c1)NC(=O)C2C(=Nc1ccc2c(c1)CCN2C(=O)CCC(=O)N(C)C)C1CCSCC1. The maximum Gasteiger partial charge on any atom is 0.337 e. The Hall–Kier alpha value is -3.66. The fourth-order valence-corrected chi connectivity index (χ4v) is 6.73. The number of aliphatic imine (C=N–C) groups is 1. The Bertz CT molecular complexity index is 1380. The van der Waals surface area contributed by atoms with Crippen molar-refractivity contribution in [1.82, 2.24) is 4.90 Å². The molecule has 3 aliphatic heterocycles. The van der Waals surface area contributed by atoms with Gasteiger partial charge in [-0.1, -0.05) is 6.07 Å². The Morgan fingerprint density at radius 1 is 1.10 bits per heavy atom. The van der Waals surface area contributed by atoms with Gasteiger partial charge < -0.3 is 19.9 Å². The van der Waals surface area contributed by atoms with Gasteiger partial charge in [-0.05, 0) is 72.2 Å². The van der Waals surface area contributed by atoms with Crippen molar-refractivity contribution in [2.24, 2.45) is 10.9 Å². The van der Waals surface area contributed by atoms with Crippen LogP contribution in [0.3, 0.4) is 0 Å². The summed E-state index contributed by atoms with van der Waals surface area (Å²) >= 11 is 1.92. The summed E-state index contributed by atoms with van der Waals surface area (Å²) in [5, 5.41) is 2.95. The first-order chi connectivity index (χ1) is 19.3. The lowest BCUT2D eigenvalue weighted by Gasteiger charge is -2.26. The summed E-state index contributed by atoms with van der Waals surface area (Å²) < 4.78 is 4.84. The number of fused-ring (bicyclic) bond motifs is 2. The van der Waals surface area contributed by atoms with Gasteiger partial charge in [-0.3, -0.25) is 19.4 Å². The van der Waals surface area contributed by atoms with Crippen LogP contribution in [0.25, 0.3) is 0 Å². The van der Waals surface area contributed by atoms with E-state index in [4.69, 9.17) is 9.73 Å². The Morgan fingerprint density at radius 2 is 1.88 bits per heavy atom. The molecule has 1 fully saturated rings. The van der Waals surface area contributed by atoms with E-state index in [-0.39, 0.29) is 36.5 Å². The minimum Gasteiger partial charge on any atom is -0.465 e. The fraction of sp³-hybridized carbons (Fsp3) is 0.433. The molecule has 5 rings (SSSR count). The molecule has 1 N–H and O–H groups in total. The van der Waals surface area contributed by atoms with E-state index in [2.05, 4.69) is 5.32 Å². The number of rotatable bonds is 7. The Morgan fingerprint density at radius 3 is 2.60 bits per heavy atom. The van der Waals surface area contributed by atoms with Gasteiger partial charge in [-0.2, -0.15) is 11.8 Å². The maximum atomic E-state index is 13.3. The zero-order valence-corrected chi connectivity index (χ0v) is 23.9. The van der Waals surface area contributed by atoms with Gasteiger partial charge in [-0.25, -0.2) is 4.79 Å². The van der Waals surface area contributed by atoms with Crippen molar-refractivity contribution in [2.45, 2.75) is 38.0 Å². The van der Waals surface area contributed by atoms with Crippen molar-refractivity contribution < 1.29 is 23.9 Å². The molecule has 3 amide bonds. The third-order valence-electron chi connectivity index (χ3n) is 7.81. The summed E-state index contributed by atoms with van der Waals surface area (Å²) in [5.74, 6) is 0.960. The second kappa shape index (κ2) is 11.8. The van der Waals surface area contributed by atoms with Gasteiger partial charge >= 0.3 is 5.97 Å². The normalized spacial score (nSPS) is 18.7.